The zero-order valence-electron chi connectivity index (χ0n) is 12.9. The van der Waals surface area contributed by atoms with Crippen LogP contribution in [0.1, 0.15) is 42.4 Å². The Bertz CT molecular complexity index is 625. The fourth-order valence-electron chi connectivity index (χ4n) is 3.23. The molecule has 2 aromatic carbocycles. The van der Waals surface area contributed by atoms with E-state index in [0.717, 1.165) is 28.6 Å². The minimum atomic E-state index is -0.161. The average molecular weight is 360 g/mol. The number of aryl methyl sites for hydroxylation is 1. The Morgan fingerprint density at radius 3 is 2.45 bits per heavy atom. The van der Waals surface area contributed by atoms with Gasteiger partial charge in [0.25, 0.3) is 0 Å². The molecule has 0 bridgehead atoms. The standard InChI is InChI=1S/C19H22BrNO/c1-14-11-16(19(21)9-5-6-10-19)12-17(20)18(14)22-13-15-7-3-2-4-8-15/h2-4,7-8,11-12H,5-6,9-10,13,21H2,1H3. The van der Waals surface area contributed by atoms with E-state index in [0.29, 0.717) is 6.61 Å². The van der Waals surface area contributed by atoms with Crippen molar-refractivity contribution in [3.8, 4) is 5.75 Å². The molecule has 1 fully saturated rings. The zero-order chi connectivity index (χ0) is 15.6. The smallest absolute Gasteiger partial charge is 0.136 e. The lowest BCUT2D eigenvalue weighted by Crippen LogP contribution is -2.33. The van der Waals surface area contributed by atoms with Crippen molar-refractivity contribution in [2.75, 3.05) is 0 Å². The monoisotopic (exact) mass is 359 g/mol. The summed E-state index contributed by atoms with van der Waals surface area (Å²) in [4.78, 5) is 0. The Balaban J connectivity index is 1.81. The van der Waals surface area contributed by atoms with Crippen molar-refractivity contribution in [3.05, 3.63) is 63.6 Å². The molecule has 22 heavy (non-hydrogen) atoms. The van der Waals surface area contributed by atoms with Gasteiger partial charge in [-0.15, -0.1) is 0 Å². The van der Waals surface area contributed by atoms with E-state index in [9.17, 15) is 0 Å². The Labute approximate surface area is 140 Å². The predicted octanol–water partition coefficient (Wildman–Crippen LogP) is 5.06. The molecule has 116 valence electrons. The molecule has 0 aromatic heterocycles. The SMILES string of the molecule is Cc1cc(C2(N)CCCC2)cc(Br)c1OCc1ccccc1. The first-order valence-electron chi connectivity index (χ1n) is 7.85. The molecule has 2 nitrogen and oxygen atoms in total. The van der Waals surface area contributed by atoms with Crippen molar-refractivity contribution < 1.29 is 4.74 Å². The number of halogens is 1. The highest BCUT2D eigenvalue weighted by molar-refractivity contribution is 9.10. The van der Waals surface area contributed by atoms with Gasteiger partial charge in [-0.25, -0.2) is 0 Å². The Morgan fingerprint density at radius 2 is 1.82 bits per heavy atom. The third-order valence-corrected chi connectivity index (χ3v) is 5.12. The first kappa shape index (κ1) is 15.6. The van der Waals surface area contributed by atoms with Gasteiger partial charge in [0.2, 0.25) is 0 Å². The molecule has 2 aromatic rings. The summed E-state index contributed by atoms with van der Waals surface area (Å²) in [6.07, 6.45) is 4.59. The Kier molecular flexibility index (Phi) is 4.55. The van der Waals surface area contributed by atoms with Crippen LogP contribution in [-0.2, 0) is 12.1 Å². The second-order valence-corrected chi connectivity index (χ2v) is 7.10. The van der Waals surface area contributed by atoms with Gasteiger partial charge < -0.3 is 10.5 Å². The molecule has 0 aliphatic heterocycles. The molecule has 0 unspecified atom stereocenters. The summed E-state index contributed by atoms with van der Waals surface area (Å²) < 4.78 is 7.01. The number of nitrogens with two attached hydrogens (primary N) is 1. The van der Waals surface area contributed by atoms with Crippen LogP contribution in [0.3, 0.4) is 0 Å². The predicted molar refractivity (Wildman–Crippen MR) is 94.0 cm³/mol. The maximum Gasteiger partial charge on any atom is 0.136 e. The van der Waals surface area contributed by atoms with Crippen LogP contribution in [0, 0.1) is 6.92 Å². The van der Waals surface area contributed by atoms with Gasteiger partial charge in [0, 0.05) is 5.54 Å². The average Bonchev–Trinajstić information content (AvgIpc) is 2.95. The van der Waals surface area contributed by atoms with E-state index in [-0.39, 0.29) is 5.54 Å². The first-order chi connectivity index (χ1) is 10.6. The number of hydrogen-bond donors (Lipinski definition) is 1. The van der Waals surface area contributed by atoms with Gasteiger partial charge in [-0.2, -0.15) is 0 Å². The van der Waals surface area contributed by atoms with E-state index in [2.05, 4.69) is 47.1 Å². The van der Waals surface area contributed by atoms with Crippen molar-refractivity contribution in [1.29, 1.82) is 0 Å². The molecule has 1 aliphatic rings. The topological polar surface area (TPSA) is 35.2 Å². The van der Waals surface area contributed by atoms with Gasteiger partial charge in [-0.05, 0) is 58.5 Å². The molecule has 0 atom stereocenters. The van der Waals surface area contributed by atoms with Gasteiger partial charge in [-0.3, -0.25) is 0 Å². The Hall–Kier alpha value is -1.32. The quantitative estimate of drug-likeness (QED) is 0.827. The lowest BCUT2D eigenvalue weighted by atomic mass is 9.88. The third-order valence-electron chi connectivity index (χ3n) is 4.53. The van der Waals surface area contributed by atoms with Gasteiger partial charge in [0.05, 0.1) is 4.47 Å². The molecular weight excluding hydrogens is 338 g/mol. The number of rotatable bonds is 4. The van der Waals surface area contributed by atoms with Gasteiger partial charge in [-0.1, -0.05) is 49.2 Å². The minimum absolute atomic E-state index is 0.161. The van der Waals surface area contributed by atoms with Crippen LogP contribution in [0.15, 0.2) is 46.9 Å². The molecule has 0 radical (unpaired) electrons. The summed E-state index contributed by atoms with van der Waals surface area (Å²) in [5, 5.41) is 0. The van der Waals surface area contributed by atoms with E-state index in [1.54, 1.807) is 0 Å². The number of ether oxygens (including phenoxy) is 1. The molecule has 0 amide bonds. The second-order valence-electron chi connectivity index (χ2n) is 6.24. The van der Waals surface area contributed by atoms with E-state index < -0.39 is 0 Å². The molecule has 0 spiro atoms. The van der Waals surface area contributed by atoms with Crippen molar-refractivity contribution in [1.82, 2.24) is 0 Å². The van der Waals surface area contributed by atoms with Crippen LogP contribution in [0.4, 0.5) is 0 Å². The molecule has 1 saturated carbocycles. The van der Waals surface area contributed by atoms with Gasteiger partial charge >= 0.3 is 0 Å². The molecule has 3 rings (SSSR count). The van der Waals surface area contributed by atoms with Crippen molar-refractivity contribution in [3.63, 3.8) is 0 Å². The number of hydrogen-bond acceptors (Lipinski definition) is 2. The van der Waals surface area contributed by atoms with Crippen LogP contribution in [0.2, 0.25) is 0 Å². The highest BCUT2D eigenvalue weighted by atomic mass is 79.9. The molecule has 1 aliphatic carbocycles. The highest BCUT2D eigenvalue weighted by Gasteiger charge is 2.32. The Morgan fingerprint density at radius 1 is 1.14 bits per heavy atom. The summed E-state index contributed by atoms with van der Waals surface area (Å²) in [7, 11) is 0. The van der Waals surface area contributed by atoms with E-state index in [1.807, 2.05) is 18.2 Å². The lowest BCUT2D eigenvalue weighted by molar-refractivity contribution is 0.301. The molecule has 0 heterocycles. The van der Waals surface area contributed by atoms with Crippen LogP contribution in [0.25, 0.3) is 0 Å². The molecular formula is C19H22BrNO. The maximum absolute atomic E-state index is 6.57. The van der Waals surface area contributed by atoms with E-state index >= 15 is 0 Å². The maximum atomic E-state index is 6.57. The van der Waals surface area contributed by atoms with Crippen molar-refractivity contribution in [2.24, 2.45) is 5.73 Å². The summed E-state index contributed by atoms with van der Waals surface area (Å²) in [6, 6.07) is 14.6. The van der Waals surface area contributed by atoms with Crippen LogP contribution < -0.4 is 10.5 Å². The molecule has 3 heteroatoms. The lowest BCUT2D eigenvalue weighted by Gasteiger charge is -2.26. The summed E-state index contributed by atoms with van der Waals surface area (Å²) in [5.41, 5.74) is 9.94. The summed E-state index contributed by atoms with van der Waals surface area (Å²) in [5.74, 6) is 0.911. The minimum Gasteiger partial charge on any atom is -0.487 e. The van der Waals surface area contributed by atoms with E-state index in [1.165, 1.54) is 24.0 Å². The van der Waals surface area contributed by atoms with Crippen molar-refractivity contribution in [2.45, 2.75) is 44.8 Å². The van der Waals surface area contributed by atoms with E-state index in [4.69, 9.17) is 10.5 Å². The third kappa shape index (κ3) is 3.21. The second kappa shape index (κ2) is 6.43. The highest BCUT2D eigenvalue weighted by Crippen LogP contribution is 2.40. The van der Waals surface area contributed by atoms with Crippen LogP contribution >= 0.6 is 15.9 Å². The summed E-state index contributed by atoms with van der Waals surface area (Å²) in [6.45, 7) is 2.67. The normalized spacial score (nSPS) is 16.7. The number of benzene rings is 2. The summed E-state index contributed by atoms with van der Waals surface area (Å²) >= 11 is 3.66. The van der Waals surface area contributed by atoms with Crippen LogP contribution in [0.5, 0.6) is 5.75 Å². The van der Waals surface area contributed by atoms with Gasteiger partial charge in [0.1, 0.15) is 12.4 Å². The fourth-order valence-corrected chi connectivity index (χ4v) is 3.90. The molecule has 0 saturated heterocycles. The largest absolute Gasteiger partial charge is 0.487 e. The fraction of sp³-hybridized carbons (Fsp3) is 0.368. The molecule has 2 N–H and O–H groups in total. The van der Waals surface area contributed by atoms with Crippen molar-refractivity contribution >= 4 is 15.9 Å². The first-order valence-corrected chi connectivity index (χ1v) is 8.64. The zero-order valence-corrected chi connectivity index (χ0v) is 14.5. The van der Waals surface area contributed by atoms with Gasteiger partial charge in [0.15, 0.2) is 0 Å². The van der Waals surface area contributed by atoms with Crippen LogP contribution in [-0.4, -0.2) is 0 Å².